The highest BCUT2D eigenvalue weighted by molar-refractivity contribution is 7.91. The Morgan fingerprint density at radius 2 is 1.90 bits per heavy atom. The van der Waals surface area contributed by atoms with E-state index in [2.05, 4.69) is 10.3 Å². The van der Waals surface area contributed by atoms with Crippen LogP contribution in [0.5, 0.6) is 5.75 Å². The summed E-state index contributed by atoms with van der Waals surface area (Å²) in [5, 5.41) is 13.0. The molecular formula is C26H35ClF3N3O5S. The number of carbonyl (C=O) groups is 1. The van der Waals surface area contributed by atoms with Gasteiger partial charge in [0.25, 0.3) is 5.91 Å². The van der Waals surface area contributed by atoms with Crippen LogP contribution in [0.3, 0.4) is 0 Å². The quantitative estimate of drug-likeness (QED) is 0.437. The fraction of sp³-hybridized carbons (Fsp3) is 0.615. The van der Waals surface area contributed by atoms with Crippen LogP contribution in [0.4, 0.5) is 13.2 Å². The predicted molar refractivity (Wildman–Crippen MR) is 142 cm³/mol. The van der Waals surface area contributed by atoms with Gasteiger partial charge in [-0.15, -0.1) is 0 Å². The van der Waals surface area contributed by atoms with Gasteiger partial charge in [-0.1, -0.05) is 38.4 Å². The molecule has 8 nitrogen and oxygen atoms in total. The molecule has 1 fully saturated rings. The maximum Gasteiger partial charge on any atom is 0.394 e. The van der Waals surface area contributed by atoms with Crippen molar-refractivity contribution in [2.24, 2.45) is 5.41 Å². The molecule has 1 saturated carbocycles. The molecule has 0 saturated heterocycles. The molecule has 1 aromatic carbocycles. The largest absolute Gasteiger partial charge is 0.496 e. The van der Waals surface area contributed by atoms with Crippen molar-refractivity contribution in [3.63, 3.8) is 0 Å². The van der Waals surface area contributed by atoms with Crippen LogP contribution < -0.4 is 10.1 Å². The molecule has 1 heterocycles. The molecule has 2 N–H and O–H groups in total. The fourth-order valence-corrected chi connectivity index (χ4v) is 6.16. The van der Waals surface area contributed by atoms with Gasteiger partial charge in [-0.05, 0) is 43.7 Å². The van der Waals surface area contributed by atoms with Crippen LogP contribution in [0.1, 0.15) is 68.3 Å². The van der Waals surface area contributed by atoms with Gasteiger partial charge in [-0.3, -0.25) is 9.36 Å². The van der Waals surface area contributed by atoms with Crippen LogP contribution in [-0.4, -0.2) is 65.9 Å². The van der Waals surface area contributed by atoms with Crippen molar-refractivity contribution in [3.8, 4) is 11.4 Å². The van der Waals surface area contributed by atoms with Crippen LogP contribution in [0.15, 0.2) is 18.2 Å². The fourth-order valence-electron chi connectivity index (χ4n) is 4.75. The first-order chi connectivity index (χ1) is 17.9. The number of carbonyl (C=O) groups excluding carboxylic acids is 1. The van der Waals surface area contributed by atoms with Crippen LogP contribution in [-0.2, 0) is 22.7 Å². The smallest absolute Gasteiger partial charge is 0.394 e. The van der Waals surface area contributed by atoms with Crippen molar-refractivity contribution < 1.29 is 36.2 Å². The molecule has 13 heteroatoms. The Morgan fingerprint density at radius 1 is 1.28 bits per heavy atom. The molecule has 1 aromatic heterocycles. The van der Waals surface area contributed by atoms with Crippen molar-refractivity contribution in [2.75, 3.05) is 19.9 Å². The summed E-state index contributed by atoms with van der Waals surface area (Å²) in [4.78, 5) is 17.4. The van der Waals surface area contributed by atoms with Crippen LogP contribution in [0.25, 0.3) is 5.69 Å². The summed E-state index contributed by atoms with van der Waals surface area (Å²) in [5.74, 6) is 0.0835. The number of aromatic nitrogens is 2. The summed E-state index contributed by atoms with van der Waals surface area (Å²) in [6, 6.07) is 4.69. The number of alkyl halides is 3. The number of aryl methyl sites for hydroxylation is 1. The number of halogens is 4. The Labute approximate surface area is 231 Å². The number of rotatable bonds is 9. The summed E-state index contributed by atoms with van der Waals surface area (Å²) in [6.45, 7) is 3.98. The van der Waals surface area contributed by atoms with Gasteiger partial charge < -0.3 is 15.2 Å². The topological polar surface area (TPSA) is 111 Å². The third-order valence-electron chi connectivity index (χ3n) is 7.40. The molecule has 2 aromatic rings. The lowest BCUT2D eigenvalue weighted by atomic mass is 9.84. The van der Waals surface area contributed by atoms with Gasteiger partial charge in [-0.25, -0.2) is 13.4 Å². The average Bonchev–Trinajstić information content (AvgIpc) is 3.18. The van der Waals surface area contributed by atoms with E-state index in [0.717, 1.165) is 13.8 Å². The number of ether oxygens (including phenoxy) is 1. The molecule has 0 unspecified atom stereocenters. The van der Waals surface area contributed by atoms with E-state index in [1.165, 1.54) is 17.9 Å². The van der Waals surface area contributed by atoms with Gasteiger partial charge in [0.1, 0.15) is 26.6 Å². The standard InChI is InChI=1S/C26H35ClF3N3O5S/c1-6-20-32-21(23(34)31-15-25(35)11-9-18(10-12-25)39(5,36)37)22(27)33(20)17-8-7-16(19(13-17)38-4)14-24(2,3)26(28,29)30/h7-8,13,18,35H,6,9-12,14-15H2,1-5H3,(H,31,34)/t18-,25+. The number of hydrogen-bond acceptors (Lipinski definition) is 6. The van der Waals surface area contributed by atoms with Crippen molar-refractivity contribution in [3.05, 3.63) is 40.4 Å². The van der Waals surface area contributed by atoms with E-state index < -0.39 is 38.2 Å². The van der Waals surface area contributed by atoms with Gasteiger partial charge in [0.2, 0.25) is 0 Å². The van der Waals surface area contributed by atoms with Crippen LogP contribution >= 0.6 is 11.6 Å². The SMILES string of the molecule is CCc1nc(C(=O)NC[C@]2(O)CC[C@@H](S(C)(=O)=O)CC2)c(Cl)n1-c1ccc(CC(C)(C)C(F)(F)F)c(OC)c1. The van der Waals surface area contributed by atoms with Crippen molar-refractivity contribution in [1.29, 1.82) is 0 Å². The number of aliphatic hydroxyl groups is 1. The summed E-state index contributed by atoms with van der Waals surface area (Å²) < 4.78 is 70.9. The number of methoxy groups -OCH3 is 1. The monoisotopic (exact) mass is 593 g/mol. The second-order valence-corrected chi connectivity index (χ2v) is 13.5. The molecule has 0 spiro atoms. The molecule has 3 rings (SSSR count). The minimum atomic E-state index is -4.40. The first-order valence-electron chi connectivity index (χ1n) is 12.6. The molecule has 218 valence electrons. The van der Waals surface area contributed by atoms with Gasteiger partial charge in [0, 0.05) is 25.3 Å². The van der Waals surface area contributed by atoms with E-state index in [1.807, 2.05) is 6.92 Å². The molecule has 0 atom stereocenters. The summed E-state index contributed by atoms with van der Waals surface area (Å²) >= 11 is 6.59. The molecule has 0 bridgehead atoms. The highest BCUT2D eigenvalue weighted by Gasteiger charge is 2.47. The zero-order chi connectivity index (χ0) is 29.4. The lowest BCUT2D eigenvalue weighted by molar-refractivity contribution is -0.211. The Hall–Kier alpha value is -2.31. The summed E-state index contributed by atoms with van der Waals surface area (Å²) in [6.07, 6.45) is -2.05. The maximum absolute atomic E-state index is 13.5. The Bertz CT molecular complexity index is 1320. The van der Waals surface area contributed by atoms with Crippen molar-refractivity contribution >= 4 is 27.3 Å². The number of amides is 1. The van der Waals surface area contributed by atoms with Gasteiger partial charge >= 0.3 is 6.18 Å². The summed E-state index contributed by atoms with van der Waals surface area (Å²) in [7, 11) is -1.83. The number of imidazole rings is 1. The minimum Gasteiger partial charge on any atom is -0.496 e. The first-order valence-corrected chi connectivity index (χ1v) is 15.0. The molecule has 39 heavy (non-hydrogen) atoms. The van der Waals surface area contributed by atoms with Crippen molar-refractivity contribution in [1.82, 2.24) is 14.9 Å². The zero-order valence-electron chi connectivity index (χ0n) is 22.7. The Kier molecular flexibility index (Phi) is 9.03. The van der Waals surface area contributed by atoms with Gasteiger partial charge in [0.15, 0.2) is 5.69 Å². The van der Waals surface area contributed by atoms with E-state index in [0.29, 0.717) is 36.3 Å². The number of hydrogen-bond donors (Lipinski definition) is 2. The molecule has 0 aliphatic heterocycles. The highest BCUT2D eigenvalue weighted by Crippen LogP contribution is 2.42. The third-order valence-corrected chi connectivity index (χ3v) is 9.43. The number of sulfone groups is 1. The molecule has 0 radical (unpaired) electrons. The average molecular weight is 594 g/mol. The van der Waals surface area contributed by atoms with Gasteiger partial charge in [0.05, 0.1) is 29.1 Å². The van der Waals surface area contributed by atoms with E-state index in [4.69, 9.17) is 16.3 Å². The van der Waals surface area contributed by atoms with E-state index in [-0.39, 0.29) is 42.4 Å². The Balaban J connectivity index is 1.82. The van der Waals surface area contributed by atoms with E-state index in [9.17, 15) is 31.5 Å². The van der Waals surface area contributed by atoms with Gasteiger partial charge in [-0.2, -0.15) is 13.2 Å². The predicted octanol–water partition coefficient (Wildman–Crippen LogP) is 4.68. The van der Waals surface area contributed by atoms with E-state index >= 15 is 0 Å². The maximum atomic E-state index is 13.5. The molecule has 1 amide bonds. The normalized spacial score (nSPS) is 20.6. The molecule has 1 aliphatic carbocycles. The minimum absolute atomic E-state index is 0.00236. The first kappa shape index (κ1) is 31.2. The summed E-state index contributed by atoms with van der Waals surface area (Å²) in [5.41, 5.74) is -2.45. The number of nitrogens with one attached hydrogen (secondary N) is 1. The molecular weight excluding hydrogens is 559 g/mol. The Morgan fingerprint density at radius 3 is 2.41 bits per heavy atom. The highest BCUT2D eigenvalue weighted by atomic mass is 35.5. The molecule has 1 aliphatic rings. The van der Waals surface area contributed by atoms with Crippen LogP contribution in [0.2, 0.25) is 5.15 Å². The van der Waals surface area contributed by atoms with Crippen LogP contribution in [0, 0.1) is 5.41 Å². The van der Waals surface area contributed by atoms with Crippen molar-refractivity contribution in [2.45, 2.75) is 76.3 Å². The third kappa shape index (κ3) is 6.89. The lowest BCUT2D eigenvalue weighted by Crippen LogP contribution is -2.47. The van der Waals surface area contributed by atoms with E-state index in [1.54, 1.807) is 18.2 Å². The lowest BCUT2D eigenvalue weighted by Gasteiger charge is -2.35. The second kappa shape index (κ2) is 11.3. The number of benzene rings is 1. The number of nitrogens with zero attached hydrogens (tertiary/aromatic N) is 2. The zero-order valence-corrected chi connectivity index (χ0v) is 24.2. The second-order valence-electron chi connectivity index (χ2n) is 10.8.